The number of ether oxygens (including phenoxy) is 2. The Balaban J connectivity index is 1.88. The van der Waals surface area contributed by atoms with Crippen LogP contribution in [0.2, 0.25) is 0 Å². The molecule has 0 atom stereocenters. The predicted molar refractivity (Wildman–Crippen MR) is 81.9 cm³/mol. The number of para-hydroxylation sites is 1. The van der Waals surface area contributed by atoms with Gasteiger partial charge in [-0.2, -0.15) is 0 Å². The number of methoxy groups -OCH3 is 2. The fraction of sp³-hybridized carbons (Fsp3) is 0.500. The highest BCUT2D eigenvalue weighted by Gasteiger charge is 2.24. The van der Waals surface area contributed by atoms with Crippen molar-refractivity contribution in [3.8, 4) is 5.75 Å². The minimum Gasteiger partial charge on any atom is -0.496 e. The van der Waals surface area contributed by atoms with Crippen LogP contribution in [0.15, 0.2) is 24.3 Å². The van der Waals surface area contributed by atoms with Gasteiger partial charge in [-0.3, -0.25) is 9.59 Å². The molecule has 6 heteroatoms. The van der Waals surface area contributed by atoms with Crippen LogP contribution in [0.1, 0.15) is 23.2 Å². The number of nitrogens with zero attached hydrogens (tertiary/aromatic N) is 1. The maximum atomic E-state index is 12.3. The van der Waals surface area contributed by atoms with Gasteiger partial charge in [0.15, 0.2) is 0 Å². The van der Waals surface area contributed by atoms with Gasteiger partial charge >= 0.3 is 0 Å². The molecule has 1 aliphatic rings. The average Bonchev–Trinajstić information content (AvgIpc) is 2.55. The number of likely N-dealkylation sites (tertiary alicyclic amines) is 1. The van der Waals surface area contributed by atoms with Crippen molar-refractivity contribution in [3.63, 3.8) is 0 Å². The summed E-state index contributed by atoms with van der Waals surface area (Å²) >= 11 is 0. The Labute approximate surface area is 130 Å². The Hall–Kier alpha value is -2.08. The van der Waals surface area contributed by atoms with Crippen molar-refractivity contribution >= 4 is 11.8 Å². The summed E-state index contributed by atoms with van der Waals surface area (Å²) < 4.78 is 10.1. The molecule has 0 aliphatic carbocycles. The molecule has 0 saturated carbocycles. The molecule has 1 aromatic carbocycles. The predicted octanol–water partition coefficient (Wildman–Crippen LogP) is 1.06. The van der Waals surface area contributed by atoms with Crippen molar-refractivity contribution in [2.45, 2.75) is 18.9 Å². The van der Waals surface area contributed by atoms with Crippen LogP contribution in [0.5, 0.6) is 5.75 Å². The summed E-state index contributed by atoms with van der Waals surface area (Å²) in [5.41, 5.74) is 0.530. The highest BCUT2D eigenvalue weighted by molar-refractivity contribution is 5.97. The molecule has 0 unspecified atom stereocenters. The molecule has 1 N–H and O–H groups in total. The van der Waals surface area contributed by atoms with E-state index < -0.39 is 0 Å². The summed E-state index contributed by atoms with van der Waals surface area (Å²) in [5, 5.41) is 3.01. The summed E-state index contributed by atoms with van der Waals surface area (Å²) in [4.78, 5) is 25.8. The first-order valence-corrected chi connectivity index (χ1v) is 7.36. The molecule has 1 saturated heterocycles. The Morgan fingerprint density at radius 2 is 1.91 bits per heavy atom. The van der Waals surface area contributed by atoms with Crippen LogP contribution in [0.4, 0.5) is 0 Å². The third-order valence-corrected chi connectivity index (χ3v) is 3.80. The largest absolute Gasteiger partial charge is 0.496 e. The number of carbonyl (C=O) groups is 2. The highest BCUT2D eigenvalue weighted by atomic mass is 16.5. The molecular weight excluding hydrogens is 284 g/mol. The Bertz CT molecular complexity index is 525. The molecule has 1 aromatic rings. The van der Waals surface area contributed by atoms with Gasteiger partial charge in [0, 0.05) is 26.2 Å². The van der Waals surface area contributed by atoms with Crippen molar-refractivity contribution in [2.75, 3.05) is 33.9 Å². The van der Waals surface area contributed by atoms with Gasteiger partial charge in [-0.25, -0.2) is 0 Å². The van der Waals surface area contributed by atoms with Crippen molar-refractivity contribution in [1.82, 2.24) is 10.2 Å². The van der Waals surface area contributed by atoms with E-state index in [1.165, 1.54) is 7.11 Å². The molecule has 120 valence electrons. The van der Waals surface area contributed by atoms with Crippen molar-refractivity contribution in [3.05, 3.63) is 29.8 Å². The number of rotatable bonds is 5. The van der Waals surface area contributed by atoms with E-state index in [4.69, 9.17) is 9.47 Å². The SMILES string of the molecule is COCC(=O)N1CCC(NC(=O)c2ccccc2OC)CC1. The topological polar surface area (TPSA) is 67.9 Å². The van der Waals surface area contributed by atoms with Crippen LogP contribution in [-0.2, 0) is 9.53 Å². The molecule has 1 fully saturated rings. The van der Waals surface area contributed by atoms with Crippen LogP contribution >= 0.6 is 0 Å². The third-order valence-electron chi connectivity index (χ3n) is 3.80. The second-order valence-corrected chi connectivity index (χ2v) is 5.26. The number of amides is 2. The van der Waals surface area contributed by atoms with E-state index in [2.05, 4.69) is 5.32 Å². The van der Waals surface area contributed by atoms with E-state index >= 15 is 0 Å². The lowest BCUT2D eigenvalue weighted by atomic mass is 10.0. The van der Waals surface area contributed by atoms with Crippen LogP contribution in [0.3, 0.4) is 0 Å². The summed E-state index contributed by atoms with van der Waals surface area (Å²) in [7, 11) is 3.06. The van der Waals surface area contributed by atoms with Crippen LogP contribution in [0, 0.1) is 0 Å². The Morgan fingerprint density at radius 1 is 1.23 bits per heavy atom. The monoisotopic (exact) mass is 306 g/mol. The van der Waals surface area contributed by atoms with E-state index in [9.17, 15) is 9.59 Å². The standard InChI is InChI=1S/C16H22N2O4/c1-21-11-15(19)18-9-7-12(8-10-18)17-16(20)13-5-3-4-6-14(13)22-2/h3-6,12H,7-11H2,1-2H3,(H,17,20). The number of hydrogen-bond donors (Lipinski definition) is 1. The van der Waals surface area contributed by atoms with Gasteiger partial charge in [0.25, 0.3) is 5.91 Å². The first-order valence-electron chi connectivity index (χ1n) is 7.36. The molecule has 0 aromatic heterocycles. The number of benzene rings is 1. The van der Waals surface area contributed by atoms with Crippen molar-refractivity contribution in [1.29, 1.82) is 0 Å². The van der Waals surface area contributed by atoms with Gasteiger partial charge < -0.3 is 19.7 Å². The highest BCUT2D eigenvalue weighted by Crippen LogP contribution is 2.18. The minimum absolute atomic E-state index is 0.00277. The summed E-state index contributed by atoms with van der Waals surface area (Å²) in [6, 6.07) is 7.22. The number of hydrogen-bond acceptors (Lipinski definition) is 4. The fourth-order valence-electron chi connectivity index (χ4n) is 2.58. The zero-order chi connectivity index (χ0) is 15.9. The molecule has 2 rings (SSSR count). The molecular formula is C16H22N2O4. The van der Waals surface area contributed by atoms with Gasteiger partial charge in [-0.1, -0.05) is 12.1 Å². The third kappa shape index (κ3) is 3.98. The maximum Gasteiger partial charge on any atom is 0.255 e. The first kappa shape index (κ1) is 16.3. The van der Waals surface area contributed by atoms with Crippen LogP contribution in [0.25, 0.3) is 0 Å². The smallest absolute Gasteiger partial charge is 0.255 e. The second-order valence-electron chi connectivity index (χ2n) is 5.26. The lowest BCUT2D eigenvalue weighted by Crippen LogP contribution is -2.47. The van der Waals surface area contributed by atoms with E-state index in [0.717, 1.165) is 12.8 Å². The van der Waals surface area contributed by atoms with Gasteiger partial charge in [-0.15, -0.1) is 0 Å². The molecule has 1 aliphatic heterocycles. The van der Waals surface area contributed by atoms with Crippen LogP contribution in [-0.4, -0.2) is 56.7 Å². The van der Waals surface area contributed by atoms with Gasteiger partial charge in [0.05, 0.1) is 12.7 Å². The normalized spacial score (nSPS) is 15.5. The molecule has 2 amide bonds. The lowest BCUT2D eigenvalue weighted by Gasteiger charge is -2.32. The quantitative estimate of drug-likeness (QED) is 0.883. The van der Waals surface area contributed by atoms with Gasteiger partial charge in [-0.05, 0) is 25.0 Å². The molecule has 6 nitrogen and oxygen atoms in total. The Morgan fingerprint density at radius 3 is 2.55 bits per heavy atom. The summed E-state index contributed by atoms with van der Waals surface area (Å²) in [6.45, 7) is 1.39. The average molecular weight is 306 g/mol. The summed E-state index contributed by atoms with van der Waals surface area (Å²) in [5.74, 6) is 0.420. The number of carbonyl (C=O) groups excluding carboxylic acids is 2. The zero-order valence-electron chi connectivity index (χ0n) is 13.0. The van der Waals surface area contributed by atoms with E-state index in [0.29, 0.717) is 24.4 Å². The molecule has 1 heterocycles. The fourth-order valence-corrected chi connectivity index (χ4v) is 2.58. The number of piperidine rings is 1. The van der Waals surface area contributed by atoms with Crippen molar-refractivity contribution < 1.29 is 19.1 Å². The number of nitrogens with one attached hydrogen (secondary N) is 1. The lowest BCUT2D eigenvalue weighted by molar-refractivity contribution is -0.136. The van der Waals surface area contributed by atoms with E-state index in [1.807, 2.05) is 12.1 Å². The Kier molecular flexibility index (Phi) is 5.77. The second kappa shape index (κ2) is 7.79. The van der Waals surface area contributed by atoms with E-state index in [-0.39, 0.29) is 24.5 Å². The summed E-state index contributed by atoms with van der Waals surface area (Å²) in [6.07, 6.45) is 1.49. The first-order chi connectivity index (χ1) is 10.7. The molecule has 0 radical (unpaired) electrons. The zero-order valence-corrected chi connectivity index (χ0v) is 13.0. The van der Waals surface area contributed by atoms with Crippen molar-refractivity contribution in [2.24, 2.45) is 0 Å². The molecule has 22 heavy (non-hydrogen) atoms. The van der Waals surface area contributed by atoms with Gasteiger partial charge in [0.2, 0.25) is 5.91 Å². The molecule has 0 spiro atoms. The maximum absolute atomic E-state index is 12.3. The minimum atomic E-state index is -0.140. The van der Waals surface area contributed by atoms with Gasteiger partial charge in [0.1, 0.15) is 12.4 Å². The molecule has 0 bridgehead atoms. The van der Waals surface area contributed by atoms with Crippen LogP contribution < -0.4 is 10.1 Å². The van der Waals surface area contributed by atoms with E-state index in [1.54, 1.807) is 24.1 Å².